The lowest BCUT2D eigenvalue weighted by Crippen LogP contribution is -2.26. The Hall–Kier alpha value is -2.49. The molecule has 1 amide bonds. The maximum atomic E-state index is 12.2. The van der Waals surface area contributed by atoms with E-state index in [0.29, 0.717) is 6.42 Å². The summed E-state index contributed by atoms with van der Waals surface area (Å²) in [6.07, 6.45) is 3.72. The molecular weight excluding hydrogens is 238 g/mol. The topological polar surface area (TPSA) is 45.6 Å². The maximum Gasteiger partial charge on any atom is 0.232 e. The van der Waals surface area contributed by atoms with Crippen LogP contribution < -0.4 is 4.90 Å². The van der Waals surface area contributed by atoms with Gasteiger partial charge in [-0.1, -0.05) is 12.1 Å². The van der Waals surface area contributed by atoms with Gasteiger partial charge in [0.25, 0.3) is 0 Å². The Labute approximate surface area is 111 Å². The molecule has 0 unspecified atom stereocenters. The van der Waals surface area contributed by atoms with Crippen LogP contribution >= 0.6 is 0 Å². The molecule has 3 rings (SSSR count). The third-order valence-corrected chi connectivity index (χ3v) is 3.20. The van der Waals surface area contributed by atoms with Crippen LogP contribution in [0.1, 0.15) is 12.0 Å². The van der Waals surface area contributed by atoms with Crippen molar-refractivity contribution in [2.75, 3.05) is 11.9 Å². The Morgan fingerprint density at radius 1 is 1.11 bits per heavy atom. The SMILES string of the molecule is CN1C(=O)CC(c2ccncc2)=Nc2ccccc21. The molecule has 19 heavy (non-hydrogen) atoms. The van der Waals surface area contributed by atoms with Crippen LogP contribution in [0.4, 0.5) is 11.4 Å². The van der Waals surface area contributed by atoms with E-state index in [1.807, 2.05) is 36.4 Å². The largest absolute Gasteiger partial charge is 0.313 e. The van der Waals surface area contributed by atoms with Crippen LogP contribution in [-0.4, -0.2) is 23.7 Å². The van der Waals surface area contributed by atoms with Crippen LogP contribution in [0.15, 0.2) is 53.8 Å². The number of para-hydroxylation sites is 2. The minimum atomic E-state index is 0.0421. The molecule has 0 saturated carbocycles. The number of amides is 1. The van der Waals surface area contributed by atoms with Crippen molar-refractivity contribution in [3.05, 3.63) is 54.4 Å². The molecule has 0 bridgehead atoms. The molecule has 1 aliphatic heterocycles. The van der Waals surface area contributed by atoms with Gasteiger partial charge in [0.05, 0.1) is 23.5 Å². The van der Waals surface area contributed by atoms with E-state index >= 15 is 0 Å². The fourth-order valence-corrected chi connectivity index (χ4v) is 2.13. The van der Waals surface area contributed by atoms with Gasteiger partial charge in [0.1, 0.15) is 0 Å². The van der Waals surface area contributed by atoms with Crippen LogP contribution in [0.5, 0.6) is 0 Å². The second-order valence-corrected chi connectivity index (χ2v) is 4.41. The molecule has 0 aliphatic carbocycles. The zero-order chi connectivity index (χ0) is 13.2. The van der Waals surface area contributed by atoms with Crippen molar-refractivity contribution in [2.24, 2.45) is 4.99 Å². The van der Waals surface area contributed by atoms with Gasteiger partial charge in [-0.05, 0) is 29.8 Å². The number of carbonyl (C=O) groups is 1. The molecular formula is C15H13N3O. The van der Waals surface area contributed by atoms with Crippen molar-refractivity contribution in [1.29, 1.82) is 0 Å². The molecule has 1 aromatic carbocycles. The van der Waals surface area contributed by atoms with E-state index in [9.17, 15) is 4.79 Å². The lowest BCUT2D eigenvalue weighted by molar-refractivity contribution is -0.117. The maximum absolute atomic E-state index is 12.2. The molecule has 1 aliphatic rings. The van der Waals surface area contributed by atoms with E-state index in [4.69, 9.17) is 0 Å². The molecule has 2 heterocycles. The number of aromatic nitrogens is 1. The highest BCUT2D eigenvalue weighted by Gasteiger charge is 2.21. The quantitative estimate of drug-likeness (QED) is 0.782. The van der Waals surface area contributed by atoms with E-state index in [2.05, 4.69) is 9.98 Å². The summed E-state index contributed by atoms with van der Waals surface area (Å²) in [5.41, 5.74) is 3.39. The number of hydrogen-bond donors (Lipinski definition) is 0. The molecule has 94 valence electrons. The molecule has 2 aromatic rings. The summed E-state index contributed by atoms with van der Waals surface area (Å²) in [5, 5.41) is 0. The zero-order valence-electron chi connectivity index (χ0n) is 10.6. The Morgan fingerprint density at radius 2 is 1.84 bits per heavy atom. The first-order valence-corrected chi connectivity index (χ1v) is 6.09. The predicted octanol–water partition coefficient (Wildman–Crippen LogP) is 2.57. The second kappa shape index (κ2) is 4.65. The number of hydrogen-bond acceptors (Lipinski definition) is 3. The third-order valence-electron chi connectivity index (χ3n) is 3.20. The lowest BCUT2D eigenvalue weighted by Gasteiger charge is -2.15. The normalized spacial score (nSPS) is 14.7. The van der Waals surface area contributed by atoms with Crippen LogP contribution in [0.25, 0.3) is 0 Å². The van der Waals surface area contributed by atoms with E-state index in [-0.39, 0.29) is 5.91 Å². The van der Waals surface area contributed by atoms with Gasteiger partial charge >= 0.3 is 0 Å². The summed E-state index contributed by atoms with van der Waals surface area (Å²) in [7, 11) is 1.78. The molecule has 0 fully saturated rings. The molecule has 4 heteroatoms. The van der Waals surface area contributed by atoms with Gasteiger partial charge in [-0.3, -0.25) is 14.8 Å². The Morgan fingerprint density at radius 3 is 2.63 bits per heavy atom. The number of carbonyl (C=O) groups excluding carboxylic acids is 1. The van der Waals surface area contributed by atoms with Gasteiger partial charge in [0.2, 0.25) is 5.91 Å². The fraction of sp³-hybridized carbons (Fsp3) is 0.133. The van der Waals surface area contributed by atoms with Crippen molar-refractivity contribution in [1.82, 2.24) is 4.98 Å². The molecule has 0 spiro atoms. The van der Waals surface area contributed by atoms with Gasteiger partial charge in [-0.15, -0.1) is 0 Å². The van der Waals surface area contributed by atoms with Gasteiger partial charge in [0, 0.05) is 19.4 Å². The van der Waals surface area contributed by atoms with Crippen molar-refractivity contribution in [3.8, 4) is 0 Å². The Kier molecular flexibility index (Phi) is 2.83. The van der Waals surface area contributed by atoms with E-state index in [0.717, 1.165) is 22.6 Å². The highest BCUT2D eigenvalue weighted by molar-refractivity contribution is 6.17. The summed E-state index contributed by atoms with van der Waals surface area (Å²) in [6, 6.07) is 11.4. The molecule has 0 saturated heterocycles. The Bertz CT molecular complexity index is 649. The first kappa shape index (κ1) is 11.6. The van der Waals surface area contributed by atoms with Crippen LogP contribution in [-0.2, 0) is 4.79 Å². The van der Waals surface area contributed by atoms with Gasteiger partial charge in [-0.2, -0.15) is 0 Å². The first-order valence-electron chi connectivity index (χ1n) is 6.09. The fourth-order valence-electron chi connectivity index (χ4n) is 2.13. The Balaban J connectivity index is 2.14. The van der Waals surface area contributed by atoms with E-state index < -0.39 is 0 Å². The first-order chi connectivity index (χ1) is 9.25. The summed E-state index contributed by atoms with van der Waals surface area (Å²) in [6.45, 7) is 0. The number of aliphatic imine (C=N–C) groups is 1. The molecule has 0 atom stereocenters. The minimum Gasteiger partial charge on any atom is -0.313 e. The van der Waals surface area contributed by atoms with Gasteiger partial charge in [-0.25, -0.2) is 0 Å². The van der Waals surface area contributed by atoms with Crippen molar-refractivity contribution < 1.29 is 4.79 Å². The molecule has 0 radical (unpaired) electrons. The molecule has 0 N–H and O–H groups in total. The predicted molar refractivity (Wildman–Crippen MR) is 74.9 cm³/mol. The number of benzene rings is 1. The lowest BCUT2D eigenvalue weighted by atomic mass is 10.1. The number of nitrogens with zero attached hydrogens (tertiary/aromatic N) is 3. The smallest absolute Gasteiger partial charge is 0.232 e. The average molecular weight is 251 g/mol. The monoisotopic (exact) mass is 251 g/mol. The van der Waals surface area contributed by atoms with Crippen LogP contribution in [0, 0.1) is 0 Å². The van der Waals surface area contributed by atoms with Crippen molar-refractivity contribution in [2.45, 2.75) is 6.42 Å². The zero-order valence-corrected chi connectivity index (χ0v) is 10.6. The van der Waals surface area contributed by atoms with E-state index in [1.165, 1.54) is 0 Å². The average Bonchev–Trinajstić information content (AvgIpc) is 2.58. The van der Waals surface area contributed by atoms with Crippen molar-refractivity contribution in [3.63, 3.8) is 0 Å². The third kappa shape index (κ3) is 2.12. The number of pyridine rings is 1. The summed E-state index contributed by atoms with van der Waals surface area (Å²) < 4.78 is 0. The highest BCUT2D eigenvalue weighted by atomic mass is 16.2. The van der Waals surface area contributed by atoms with Gasteiger partial charge < -0.3 is 4.90 Å². The second-order valence-electron chi connectivity index (χ2n) is 4.41. The van der Waals surface area contributed by atoms with E-state index in [1.54, 1.807) is 24.3 Å². The molecule has 1 aromatic heterocycles. The van der Waals surface area contributed by atoms with Gasteiger partial charge in [0.15, 0.2) is 0 Å². The standard InChI is InChI=1S/C15H13N3O/c1-18-14-5-3-2-4-12(14)17-13(10-15(18)19)11-6-8-16-9-7-11/h2-9H,10H2,1H3. The van der Waals surface area contributed by atoms with Crippen LogP contribution in [0.3, 0.4) is 0 Å². The highest BCUT2D eigenvalue weighted by Crippen LogP contribution is 2.31. The minimum absolute atomic E-state index is 0.0421. The summed E-state index contributed by atoms with van der Waals surface area (Å²) in [4.78, 5) is 22.5. The number of anilines is 1. The summed E-state index contributed by atoms with van der Waals surface area (Å²) in [5.74, 6) is 0.0421. The molecule has 4 nitrogen and oxygen atoms in total. The van der Waals surface area contributed by atoms with Crippen LogP contribution in [0.2, 0.25) is 0 Å². The number of fused-ring (bicyclic) bond motifs is 1. The number of rotatable bonds is 1. The van der Waals surface area contributed by atoms with Crippen molar-refractivity contribution >= 4 is 23.0 Å². The summed E-state index contributed by atoms with van der Waals surface area (Å²) >= 11 is 0.